The van der Waals surface area contributed by atoms with E-state index in [1.54, 1.807) is 0 Å². The van der Waals surface area contributed by atoms with Gasteiger partial charge in [-0.15, -0.1) is 0 Å². The third-order valence-corrected chi connectivity index (χ3v) is 15.8. The molecule has 78 heavy (non-hydrogen) atoms. The molecule has 0 saturated heterocycles. The van der Waals surface area contributed by atoms with E-state index < -0.39 is 6.10 Å². The van der Waals surface area contributed by atoms with Crippen molar-refractivity contribution >= 4 is 17.9 Å². The third kappa shape index (κ3) is 64.5. The minimum absolute atomic E-state index is 0.0738. The SMILES string of the molecule is CCCCCC/C=C\CCCCCCCC(=O)OCC(COC(=O)CCCCCCCCCCCCCCCCCCCCC/C=C\CCCCCCCCCC)OC(=O)CCCCCCC/C=C\CCCCCCCCC. The van der Waals surface area contributed by atoms with Gasteiger partial charge >= 0.3 is 17.9 Å². The summed E-state index contributed by atoms with van der Waals surface area (Å²) in [6.07, 6.45) is 83.3. The molecular weight excluding hydrogens is 961 g/mol. The second-order valence-corrected chi connectivity index (χ2v) is 23.8. The number of rotatable bonds is 65. The van der Waals surface area contributed by atoms with E-state index >= 15 is 0 Å². The molecule has 0 aromatic heterocycles. The smallest absolute Gasteiger partial charge is 0.306 e. The van der Waals surface area contributed by atoms with Gasteiger partial charge in [0.25, 0.3) is 0 Å². The Balaban J connectivity index is 4.13. The molecule has 0 saturated carbocycles. The Morgan fingerprint density at radius 1 is 0.244 bits per heavy atom. The average molecular weight is 1100 g/mol. The summed E-state index contributed by atoms with van der Waals surface area (Å²) in [5.74, 6) is -0.867. The number of hydrogen-bond donors (Lipinski definition) is 0. The fourth-order valence-corrected chi connectivity index (χ4v) is 10.5. The van der Waals surface area contributed by atoms with Gasteiger partial charge in [0.2, 0.25) is 0 Å². The van der Waals surface area contributed by atoms with E-state index in [1.165, 1.54) is 276 Å². The highest BCUT2D eigenvalue weighted by atomic mass is 16.6. The number of esters is 3. The Labute approximate surface area is 486 Å². The highest BCUT2D eigenvalue weighted by Gasteiger charge is 2.19. The van der Waals surface area contributed by atoms with E-state index in [4.69, 9.17) is 14.2 Å². The quantitative estimate of drug-likeness (QED) is 0.0261. The van der Waals surface area contributed by atoms with Crippen molar-refractivity contribution in [1.82, 2.24) is 0 Å². The second kappa shape index (κ2) is 67.1. The van der Waals surface area contributed by atoms with Crippen molar-refractivity contribution in [2.75, 3.05) is 13.2 Å². The Morgan fingerprint density at radius 2 is 0.423 bits per heavy atom. The number of unbranched alkanes of at least 4 members (excludes halogenated alkanes) is 48. The number of ether oxygens (including phenoxy) is 3. The Bertz CT molecular complexity index is 1300. The minimum atomic E-state index is -0.778. The Morgan fingerprint density at radius 3 is 0.654 bits per heavy atom. The molecule has 6 nitrogen and oxygen atoms in total. The molecule has 0 rings (SSSR count). The van der Waals surface area contributed by atoms with Gasteiger partial charge in [-0.1, -0.05) is 308 Å². The second-order valence-electron chi connectivity index (χ2n) is 23.8. The van der Waals surface area contributed by atoms with E-state index in [0.29, 0.717) is 19.3 Å². The maximum absolute atomic E-state index is 12.9. The van der Waals surface area contributed by atoms with Crippen LogP contribution in [0.25, 0.3) is 0 Å². The van der Waals surface area contributed by atoms with Gasteiger partial charge < -0.3 is 14.2 Å². The lowest BCUT2D eigenvalue weighted by Crippen LogP contribution is -2.30. The molecule has 0 heterocycles. The highest BCUT2D eigenvalue weighted by Crippen LogP contribution is 2.18. The molecule has 0 aromatic carbocycles. The first kappa shape index (κ1) is 75.6. The number of allylic oxidation sites excluding steroid dienone is 6. The van der Waals surface area contributed by atoms with E-state index in [-0.39, 0.29) is 31.1 Å². The van der Waals surface area contributed by atoms with Crippen LogP contribution in [-0.4, -0.2) is 37.2 Å². The number of hydrogen-bond acceptors (Lipinski definition) is 6. The molecule has 1 unspecified atom stereocenters. The van der Waals surface area contributed by atoms with Crippen LogP contribution < -0.4 is 0 Å². The molecule has 0 spiro atoms. The molecule has 6 heteroatoms. The van der Waals surface area contributed by atoms with Crippen LogP contribution in [0.4, 0.5) is 0 Å². The van der Waals surface area contributed by atoms with Crippen molar-refractivity contribution in [1.29, 1.82) is 0 Å². The van der Waals surface area contributed by atoms with Crippen LogP contribution in [0.5, 0.6) is 0 Å². The van der Waals surface area contributed by atoms with E-state index in [1.807, 2.05) is 0 Å². The summed E-state index contributed by atoms with van der Waals surface area (Å²) in [4.78, 5) is 38.3. The third-order valence-electron chi connectivity index (χ3n) is 15.8. The predicted molar refractivity (Wildman–Crippen MR) is 339 cm³/mol. The lowest BCUT2D eigenvalue weighted by Gasteiger charge is -2.18. The van der Waals surface area contributed by atoms with Gasteiger partial charge in [0, 0.05) is 19.3 Å². The summed E-state index contributed by atoms with van der Waals surface area (Å²) in [5.41, 5.74) is 0. The van der Waals surface area contributed by atoms with Gasteiger partial charge in [0.1, 0.15) is 13.2 Å². The van der Waals surface area contributed by atoms with Crippen molar-refractivity contribution in [3.8, 4) is 0 Å². The summed E-state index contributed by atoms with van der Waals surface area (Å²) in [7, 11) is 0. The summed E-state index contributed by atoms with van der Waals surface area (Å²) >= 11 is 0. The van der Waals surface area contributed by atoms with Crippen molar-refractivity contribution in [3.05, 3.63) is 36.5 Å². The van der Waals surface area contributed by atoms with Crippen molar-refractivity contribution < 1.29 is 28.6 Å². The normalized spacial score (nSPS) is 12.2. The van der Waals surface area contributed by atoms with Gasteiger partial charge in [0.15, 0.2) is 6.10 Å². The first-order valence-corrected chi connectivity index (χ1v) is 35.0. The number of carbonyl (C=O) groups is 3. The monoisotopic (exact) mass is 1100 g/mol. The lowest BCUT2D eigenvalue weighted by molar-refractivity contribution is -0.167. The molecule has 0 aliphatic rings. The zero-order chi connectivity index (χ0) is 56.4. The van der Waals surface area contributed by atoms with Crippen molar-refractivity contribution in [3.63, 3.8) is 0 Å². The molecule has 0 amide bonds. The zero-order valence-electron chi connectivity index (χ0n) is 52.7. The van der Waals surface area contributed by atoms with Gasteiger partial charge in [-0.3, -0.25) is 14.4 Å². The largest absolute Gasteiger partial charge is 0.462 e. The fourth-order valence-electron chi connectivity index (χ4n) is 10.5. The van der Waals surface area contributed by atoms with Gasteiger partial charge in [-0.2, -0.15) is 0 Å². The van der Waals surface area contributed by atoms with Crippen molar-refractivity contribution in [2.24, 2.45) is 0 Å². The minimum Gasteiger partial charge on any atom is -0.462 e. The van der Waals surface area contributed by atoms with Gasteiger partial charge in [-0.25, -0.2) is 0 Å². The van der Waals surface area contributed by atoms with Crippen molar-refractivity contribution in [2.45, 2.75) is 393 Å². The predicted octanol–water partition coefficient (Wildman–Crippen LogP) is 23.9. The highest BCUT2D eigenvalue weighted by molar-refractivity contribution is 5.71. The summed E-state index contributed by atoms with van der Waals surface area (Å²) < 4.78 is 16.9. The molecular formula is C72H134O6. The summed E-state index contributed by atoms with van der Waals surface area (Å²) in [5, 5.41) is 0. The van der Waals surface area contributed by atoms with Gasteiger partial charge in [-0.05, 0) is 96.3 Å². The van der Waals surface area contributed by atoms with Crippen LogP contribution >= 0.6 is 0 Å². The number of carbonyl (C=O) groups excluding carboxylic acids is 3. The molecule has 0 aromatic rings. The van der Waals surface area contributed by atoms with Gasteiger partial charge in [0.05, 0.1) is 0 Å². The van der Waals surface area contributed by atoms with E-state index in [9.17, 15) is 14.4 Å². The zero-order valence-corrected chi connectivity index (χ0v) is 52.7. The lowest BCUT2D eigenvalue weighted by atomic mass is 10.0. The average Bonchev–Trinajstić information content (AvgIpc) is 3.44. The summed E-state index contributed by atoms with van der Waals surface area (Å²) in [6.45, 7) is 6.67. The van der Waals surface area contributed by atoms with E-state index in [0.717, 1.165) is 70.6 Å². The van der Waals surface area contributed by atoms with Crippen LogP contribution in [0, 0.1) is 0 Å². The van der Waals surface area contributed by atoms with Crippen LogP contribution in [0.3, 0.4) is 0 Å². The Kier molecular flexibility index (Phi) is 65.1. The molecule has 458 valence electrons. The maximum Gasteiger partial charge on any atom is 0.306 e. The molecule has 0 aliphatic heterocycles. The van der Waals surface area contributed by atoms with Crippen LogP contribution in [0.15, 0.2) is 36.5 Å². The molecule has 1 atom stereocenters. The molecule has 0 N–H and O–H groups in total. The maximum atomic E-state index is 12.9. The Hall–Kier alpha value is -2.37. The molecule has 0 fully saturated rings. The molecule has 0 aliphatic carbocycles. The summed E-state index contributed by atoms with van der Waals surface area (Å²) in [6, 6.07) is 0. The topological polar surface area (TPSA) is 78.9 Å². The fraction of sp³-hybridized carbons (Fsp3) is 0.875. The standard InChI is InChI=1S/C72H134O6/c1-4-7-10-13-16-19-22-25-27-29-30-31-32-33-34-35-36-37-38-39-40-41-42-43-45-47-50-53-56-59-62-65-71(74)77-68-69(67-76-70(73)64-61-58-55-52-49-46-24-21-18-15-12-9-6-3)78-72(75)66-63-60-57-54-51-48-44-28-26-23-20-17-14-11-8-5-2/h21,24,28-30,44,69H,4-20,22-23,25-27,31-43,45-68H2,1-3H3/b24-21-,30-29-,44-28-. The first-order valence-electron chi connectivity index (χ1n) is 35.0. The van der Waals surface area contributed by atoms with Crippen LogP contribution in [0.1, 0.15) is 387 Å². The molecule has 0 radical (unpaired) electrons. The van der Waals surface area contributed by atoms with Crippen LogP contribution in [-0.2, 0) is 28.6 Å². The first-order chi connectivity index (χ1) is 38.5. The van der Waals surface area contributed by atoms with Crippen LogP contribution in [0.2, 0.25) is 0 Å². The van der Waals surface area contributed by atoms with E-state index in [2.05, 4.69) is 57.2 Å². The molecule has 0 bridgehead atoms.